The number of nitro benzene ring substituents is 1. The van der Waals surface area contributed by atoms with Gasteiger partial charge in [0.05, 0.1) is 28.8 Å². The van der Waals surface area contributed by atoms with Crippen LogP contribution in [0.25, 0.3) is 11.3 Å². The van der Waals surface area contributed by atoms with E-state index in [-0.39, 0.29) is 11.6 Å². The number of methoxy groups -OCH3 is 1. The topological polar surface area (TPSA) is 108 Å². The van der Waals surface area contributed by atoms with E-state index >= 15 is 0 Å². The van der Waals surface area contributed by atoms with Crippen LogP contribution in [0.4, 0.5) is 11.4 Å². The van der Waals surface area contributed by atoms with Crippen molar-refractivity contribution in [3.05, 3.63) is 69.9 Å². The Bertz CT molecular complexity index is 1100. The number of hydrogen-bond donors (Lipinski definition) is 1. The zero-order chi connectivity index (χ0) is 20.6. The fraction of sp³-hybridized carbons (Fsp3) is 0.238. The summed E-state index contributed by atoms with van der Waals surface area (Å²) in [6.07, 6.45) is 1.27. The molecule has 0 atom stereocenters. The lowest BCUT2D eigenvalue weighted by molar-refractivity contribution is -0.384. The summed E-state index contributed by atoms with van der Waals surface area (Å²) in [7, 11) is 1.59. The lowest BCUT2D eigenvalue weighted by atomic mass is 9.99. The molecule has 29 heavy (non-hydrogen) atoms. The van der Waals surface area contributed by atoms with Gasteiger partial charge in [0, 0.05) is 23.8 Å². The van der Waals surface area contributed by atoms with Crippen LogP contribution < -0.4 is 10.1 Å². The molecule has 8 nitrogen and oxygen atoms in total. The van der Waals surface area contributed by atoms with Crippen LogP contribution in [0.2, 0.25) is 0 Å². The number of benzene rings is 2. The number of rotatable bonds is 6. The molecule has 0 unspecified atom stereocenters. The Morgan fingerprint density at radius 2 is 2.03 bits per heavy atom. The molecule has 8 heteroatoms. The minimum Gasteiger partial charge on any atom is -0.497 e. The second-order valence-corrected chi connectivity index (χ2v) is 7.10. The van der Waals surface area contributed by atoms with E-state index in [0.717, 1.165) is 11.1 Å². The van der Waals surface area contributed by atoms with Gasteiger partial charge in [0.2, 0.25) is 5.91 Å². The van der Waals surface area contributed by atoms with Crippen molar-refractivity contribution in [1.29, 1.82) is 0 Å². The molecule has 148 valence electrons. The SMILES string of the molecule is COc1cccc(-c2cc(C3(C(=O)Nc4cc([N+](=O)[O-])ccc4C)CC3)no2)c1. The zero-order valence-corrected chi connectivity index (χ0v) is 16.0. The van der Waals surface area contributed by atoms with Crippen molar-refractivity contribution in [1.82, 2.24) is 5.16 Å². The van der Waals surface area contributed by atoms with Crippen molar-refractivity contribution in [2.75, 3.05) is 12.4 Å². The molecule has 1 aliphatic rings. The van der Waals surface area contributed by atoms with Gasteiger partial charge in [-0.15, -0.1) is 0 Å². The Morgan fingerprint density at radius 3 is 2.72 bits per heavy atom. The lowest BCUT2D eigenvalue weighted by Gasteiger charge is -2.14. The van der Waals surface area contributed by atoms with E-state index in [0.29, 0.717) is 35.7 Å². The highest BCUT2D eigenvalue weighted by Crippen LogP contribution is 2.49. The summed E-state index contributed by atoms with van der Waals surface area (Å²) >= 11 is 0. The maximum absolute atomic E-state index is 13.0. The van der Waals surface area contributed by atoms with E-state index in [4.69, 9.17) is 9.26 Å². The Hall–Kier alpha value is -3.68. The van der Waals surface area contributed by atoms with Gasteiger partial charge in [-0.1, -0.05) is 23.4 Å². The first-order chi connectivity index (χ1) is 13.9. The van der Waals surface area contributed by atoms with Crippen LogP contribution in [-0.4, -0.2) is 23.1 Å². The number of anilines is 1. The highest BCUT2D eigenvalue weighted by Gasteiger charge is 2.54. The van der Waals surface area contributed by atoms with Crippen molar-refractivity contribution in [2.24, 2.45) is 0 Å². The molecular weight excluding hydrogens is 374 g/mol. The number of aromatic nitrogens is 1. The standard InChI is InChI=1S/C21H19N3O5/c1-13-6-7-15(24(26)27)11-17(13)22-20(25)21(8-9-21)19-12-18(29-23-19)14-4-3-5-16(10-14)28-2/h3-7,10-12H,8-9H2,1-2H3,(H,22,25). The summed E-state index contributed by atoms with van der Waals surface area (Å²) in [5, 5.41) is 18.0. The quantitative estimate of drug-likeness (QED) is 0.496. The summed E-state index contributed by atoms with van der Waals surface area (Å²) in [6, 6.07) is 13.5. The summed E-state index contributed by atoms with van der Waals surface area (Å²) in [6.45, 7) is 1.79. The molecule has 0 aliphatic heterocycles. The van der Waals surface area contributed by atoms with Gasteiger partial charge in [0.15, 0.2) is 5.76 Å². The van der Waals surface area contributed by atoms with Crippen LogP contribution in [0.5, 0.6) is 5.75 Å². The summed E-state index contributed by atoms with van der Waals surface area (Å²) in [5.41, 5.74) is 1.67. The number of nitrogens with one attached hydrogen (secondary N) is 1. The lowest BCUT2D eigenvalue weighted by Crippen LogP contribution is -2.28. The molecule has 0 radical (unpaired) electrons. The molecule has 1 fully saturated rings. The maximum Gasteiger partial charge on any atom is 0.271 e. The van der Waals surface area contributed by atoms with E-state index < -0.39 is 10.3 Å². The second kappa shape index (κ2) is 7.05. The molecule has 4 rings (SSSR count). The molecule has 1 heterocycles. The molecule has 0 saturated heterocycles. The number of hydrogen-bond acceptors (Lipinski definition) is 6. The number of carbonyl (C=O) groups excluding carboxylic acids is 1. The number of nitrogens with zero attached hydrogens (tertiary/aromatic N) is 2. The molecule has 1 N–H and O–H groups in total. The van der Waals surface area contributed by atoms with E-state index in [1.54, 1.807) is 26.2 Å². The molecule has 3 aromatic rings. The van der Waals surface area contributed by atoms with Gasteiger partial charge in [-0.05, 0) is 37.5 Å². The van der Waals surface area contributed by atoms with E-state index in [2.05, 4.69) is 10.5 Å². The third-order valence-corrected chi connectivity index (χ3v) is 5.22. The van der Waals surface area contributed by atoms with Crippen LogP contribution in [-0.2, 0) is 10.2 Å². The molecule has 1 saturated carbocycles. The van der Waals surface area contributed by atoms with Crippen molar-refractivity contribution in [3.8, 4) is 17.1 Å². The number of carbonyl (C=O) groups is 1. The van der Waals surface area contributed by atoms with E-state index in [1.165, 1.54) is 12.1 Å². The normalized spacial score (nSPS) is 14.3. The highest BCUT2D eigenvalue weighted by molar-refractivity contribution is 6.01. The minimum absolute atomic E-state index is 0.0718. The molecule has 0 spiro atoms. The van der Waals surface area contributed by atoms with Gasteiger partial charge in [-0.3, -0.25) is 14.9 Å². The number of non-ortho nitro benzene ring substituents is 1. The molecular formula is C21H19N3O5. The zero-order valence-electron chi connectivity index (χ0n) is 16.0. The third-order valence-electron chi connectivity index (χ3n) is 5.22. The smallest absolute Gasteiger partial charge is 0.271 e. The van der Waals surface area contributed by atoms with Crippen molar-refractivity contribution in [2.45, 2.75) is 25.2 Å². The Morgan fingerprint density at radius 1 is 1.24 bits per heavy atom. The maximum atomic E-state index is 13.0. The Balaban J connectivity index is 1.58. The summed E-state index contributed by atoms with van der Waals surface area (Å²) in [4.78, 5) is 23.5. The molecule has 1 aliphatic carbocycles. The first kappa shape index (κ1) is 18.7. The third kappa shape index (κ3) is 3.44. The number of aryl methyl sites for hydroxylation is 1. The van der Waals surface area contributed by atoms with Gasteiger partial charge in [0.1, 0.15) is 5.75 Å². The molecule has 0 bridgehead atoms. The molecule has 1 amide bonds. The second-order valence-electron chi connectivity index (χ2n) is 7.10. The van der Waals surface area contributed by atoms with E-state index in [9.17, 15) is 14.9 Å². The monoisotopic (exact) mass is 393 g/mol. The first-order valence-corrected chi connectivity index (χ1v) is 9.11. The predicted octanol–water partition coefficient (Wildman–Crippen LogP) is 4.24. The number of ether oxygens (including phenoxy) is 1. The number of nitro groups is 1. The van der Waals surface area contributed by atoms with E-state index in [1.807, 2.05) is 24.3 Å². The van der Waals surface area contributed by atoms with Crippen molar-refractivity contribution in [3.63, 3.8) is 0 Å². The van der Waals surface area contributed by atoms with Gasteiger partial charge in [-0.25, -0.2) is 0 Å². The average Bonchev–Trinajstić information content (AvgIpc) is 3.39. The average molecular weight is 393 g/mol. The molecule has 1 aromatic heterocycles. The van der Waals surface area contributed by atoms with Crippen LogP contribution in [0.3, 0.4) is 0 Å². The highest BCUT2D eigenvalue weighted by atomic mass is 16.6. The first-order valence-electron chi connectivity index (χ1n) is 9.11. The van der Waals surface area contributed by atoms with Gasteiger partial charge in [-0.2, -0.15) is 0 Å². The fourth-order valence-electron chi connectivity index (χ4n) is 3.24. The Labute approximate surface area is 166 Å². The Kier molecular flexibility index (Phi) is 4.54. The van der Waals surface area contributed by atoms with Crippen LogP contribution >= 0.6 is 0 Å². The van der Waals surface area contributed by atoms with Gasteiger partial charge >= 0.3 is 0 Å². The fourth-order valence-corrected chi connectivity index (χ4v) is 3.24. The van der Waals surface area contributed by atoms with Gasteiger partial charge < -0.3 is 14.6 Å². The van der Waals surface area contributed by atoms with Gasteiger partial charge in [0.25, 0.3) is 5.69 Å². The summed E-state index contributed by atoms with van der Waals surface area (Å²) < 4.78 is 10.7. The van der Waals surface area contributed by atoms with Crippen LogP contribution in [0, 0.1) is 17.0 Å². The predicted molar refractivity (Wildman–Crippen MR) is 106 cm³/mol. The van der Waals surface area contributed by atoms with Crippen molar-refractivity contribution >= 4 is 17.3 Å². The largest absolute Gasteiger partial charge is 0.497 e. The molecule has 2 aromatic carbocycles. The van der Waals surface area contributed by atoms with Crippen LogP contribution in [0.15, 0.2) is 53.1 Å². The van der Waals surface area contributed by atoms with Crippen LogP contribution in [0.1, 0.15) is 24.1 Å². The minimum atomic E-state index is -0.780. The van der Waals surface area contributed by atoms with Crippen molar-refractivity contribution < 1.29 is 19.0 Å². The summed E-state index contributed by atoms with van der Waals surface area (Å²) in [5.74, 6) is 0.997. The number of amides is 1.